The van der Waals surface area contributed by atoms with Gasteiger partial charge in [0.25, 0.3) is 0 Å². The minimum Gasteiger partial charge on any atom is -0.462 e. The largest absolute Gasteiger partial charge is 0.462 e. The van der Waals surface area contributed by atoms with Crippen molar-refractivity contribution in [3.05, 3.63) is 11.1 Å². The molecule has 4 nitrogen and oxygen atoms in total. The molecule has 30 heavy (non-hydrogen) atoms. The van der Waals surface area contributed by atoms with Crippen LogP contribution in [0.3, 0.4) is 0 Å². The molecule has 3 fully saturated rings. The molecule has 6 atom stereocenters. The lowest BCUT2D eigenvalue weighted by atomic mass is 9.53. The minimum absolute atomic E-state index is 0.0521. The molecule has 0 heterocycles. The third-order valence-electron chi connectivity index (χ3n) is 8.90. The van der Waals surface area contributed by atoms with Crippen LogP contribution in [-0.2, 0) is 19.1 Å². The van der Waals surface area contributed by atoms with Crippen LogP contribution in [0.2, 0.25) is 0 Å². The van der Waals surface area contributed by atoms with E-state index in [1.807, 2.05) is 20.8 Å². The van der Waals surface area contributed by atoms with Crippen molar-refractivity contribution in [1.82, 2.24) is 0 Å². The van der Waals surface area contributed by atoms with Gasteiger partial charge in [-0.05, 0) is 95.8 Å². The van der Waals surface area contributed by atoms with Crippen molar-refractivity contribution < 1.29 is 19.1 Å². The normalized spacial score (nSPS) is 40.9. The Balaban J connectivity index is 1.53. The minimum atomic E-state index is -0.438. The topological polar surface area (TPSA) is 52.6 Å². The second-order valence-corrected chi connectivity index (χ2v) is 12.0. The van der Waals surface area contributed by atoms with Crippen LogP contribution < -0.4 is 0 Å². The van der Waals surface area contributed by atoms with Crippen LogP contribution >= 0.6 is 0 Å². The average Bonchev–Trinajstić information content (AvgIpc) is 2.96. The lowest BCUT2D eigenvalue weighted by Gasteiger charge is -2.53. The number of esters is 2. The fraction of sp³-hybridized carbons (Fsp3) is 0.846. The van der Waals surface area contributed by atoms with Gasteiger partial charge < -0.3 is 9.47 Å². The van der Waals surface area contributed by atoms with Gasteiger partial charge in [-0.25, -0.2) is 0 Å². The summed E-state index contributed by atoms with van der Waals surface area (Å²) in [4.78, 5) is 24.1. The Morgan fingerprint density at radius 1 is 0.967 bits per heavy atom. The second-order valence-electron chi connectivity index (χ2n) is 12.0. The van der Waals surface area contributed by atoms with Crippen LogP contribution in [0.25, 0.3) is 0 Å². The third-order valence-corrected chi connectivity index (χ3v) is 8.90. The van der Waals surface area contributed by atoms with E-state index in [0.29, 0.717) is 11.8 Å². The van der Waals surface area contributed by atoms with E-state index in [2.05, 4.69) is 13.8 Å². The van der Waals surface area contributed by atoms with Gasteiger partial charge in [0, 0.05) is 12.3 Å². The Kier molecular flexibility index (Phi) is 5.38. The van der Waals surface area contributed by atoms with Gasteiger partial charge in [-0.1, -0.05) is 25.0 Å². The molecule has 168 valence electrons. The van der Waals surface area contributed by atoms with Crippen LogP contribution in [0.1, 0.15) is 99.3 Å². The number of ether oxygens (including phenoxy) is 2. The highest BCUT2D eigenvalue weighted by Crippen LogP contribution is 2.63. The van der Waals surface area contributed by atoms with Gasteiger partial charge in [-0.3, -0.25) is 9.59 Å². The van der Waals surface area contributed by atoms with Gasteiger partial charge in [0.2, 0.25) is 0 Å². The molecule has 0 unspecified atom stereocenters. The van der Waals surface area contributed by atoms with Crippen molar-refractivity contribution in [2.24, 2.45) is 28.1 Å². The first-order chi connectivity index (χ1) is 13.9. The van der Waals surface area contributed by atoms with E-state index in [4.69, 9.17) is 9.47 Å². The first-order valence-electron chi connectivity index (χ1n) is 12.0. The van der Waals surface area contributed by atoms with Gasteiger partial charge in [0.15, 0.2) is 0 Å². The maximum atomic E-state index is 12.4. The summed E-state index contributed by atoms with van der Waals surface area (Å²) in [5.74, 6) is 1.09. The summed E-state index contributed by atoms with van der Waals surface area (Å²) in [5, 5.41) is 0. The predicted octanol–water partition coefficient (Wildman–Crippen LogP) is 5.98. The van der Waals surface area contributed by atoms with E-state index in [1.54, 1.807) is 18.1 Å². The van der Waals surface area contributed by atoms with Crippen LogP contribution in [0.15, 0.2) is 11.1 Å². The highest BCUT2D eigenvalue weighted by atomic mass is 16.5. The predicted molar refractivity (Wildman–Crippen MR) is 117 cm³/mol. The zero-order valence-electron chi connectivity index (χ0n) is 19.8. The summed E-state index contributed by atoms with van der Waals surface area (Å²) >= 11 is 0. The van der Waals surface area contributed by atoms with Gasteiger partial charge in [0.1, 0.15) is 12.2 Å². The first-order valence-corrected chi connectivity index (χ1v) is 12.0. The molecule has 0 aliphatic heterocycles. The van der Waals surface area contributed by atoms with E-state index >= 15 is 0 Å². The Labute approximate surface area is 182 Å². The van der Waals surface area contributed by atoms with Gasteiger partial charge in [0.05, 0.1) is 5.41 Å². The maximum absolute atomic E-state index is 12.4. The van der Waals surface area contributed by atoms with Gasteiger partial charge in [-0.15, -0.1) is 0 Å². The molecule has 0 aromatic heterocycles. The molecule has 4 heteroatoms. The van der Waals surface area contributed by atoms with E-state index < -0.39 is 5.41 Å². The molecule has 0 saturated heterocycles. The summed E-state index contributed by atoms with van der Waals surface area (Å²) in [6, 6.07) is 0. The Morgan fingerprint density at radius 3 is 2.37 bits per heavy atom. The molecule has 0 aromatic carbocycles. The highest BCUT2D eigenvalue weighted by Gasteiger charge is 2.56. The summed E-state index contributed by atoms with van der Waals surface area (Å²) in [5.41, 5.74) is 3.27. The third kappa shape index (κ3) is 3.62. The van der Waals surface area contributed by atoms with E-state index in [9.17, 15) is 9.59 Å². The molecule has 0 aromatic rings. The van der Waals surface area contributed by atoms with Crippen molar-refractivity contribution in [3.8, 4) is 0 Å². The van der Waals surface area contributed by atoms with Crippen LogP contribution in [-0.4, -0.2) is 24.1 Å². The molecular formula is C26H40O4. The fourth-order valence-corrected chi connectivity index (χ4v) is 7.25. The SMILES string of the molecule is CC(=O)O[C@H]1CC[C@H]2[C@@H]3CC[C@]4(C)C[C@@H](OC(=O)C(C)(C)C)CCC4=C3CC[C@]12C. The zero-order chi connectivity index (χ0) is 21.9. The number of carbonyl (C=O) groups is 2. The molecule has 0 radical (unpaired) electrons. The lowest BCUT2D eigenvalue weighted by Crippen LogP contribution is -2.46. The Morgan fingerprint density at radius 2 is 1.70 bits per heavy atom. The fourth-order valence-electron chi connectivity index (χ4n) is 7.25. The molecule has 0 spiro atoms. The van der Waals surface area contributed by atoms with Crippen LogP contribution in [0, 0.1) is 28.1 Å². The standard InChI is InChI=1S/C26H40O4/c1-16(27)29-22-10-9-21-19-11-13-25(5)15-17(30-23(28)24(2,3)4)7-8-20(25)18(19)12-14-26(21,22)6/h17,19,21-22H,7-15H2,1-6H3/t17-,19+,21-,22-,25+,26-/m0/s1. The number of allylic oxidation sites excluding steroid dienone is 2. The number of hydrogen-bond acceptors (Lipinski definition) is 4. The number of carbonyl (C=O) groups excluding carboxylic acids is 2. The van der Waals surface area contributed by atoms with Gasteiger partial charge >= 0.3 is 11.9 Å². The van der Waals surface area contributed by atoms with Crippen molar-refractivity contribution in [2.45, 2.75) is 112 Å². The summed E-state index contributed by atoms with van der Waals surface area (Å²) < 4.78 is 11.7. The molecule has 4 aliphatic carbocycles. The van der Waals surface area contributed by atoms with Crippen LogP contribution in [0.4, 0.5) is 0 Å². The monoisotopic (exact) mass is 416 g/mol. The van der Waals surface area contributed by atoms with Crippen molar-refractivity contribution in [2.75, 3.05) is 0 Å². The van der Waals surface area contributed by atoms with Crippen molar-refractivity contribution in [3.63, 3.8) is 0 Å². The maximum Gasteiger partial charge on any atom is 0.311 e. The van der Waals surface area contributed by atoms with Crippen molar-refractivity contribution in [1.29, 1.82) is 0 Å². The zero-order valence-corrected chi connectivity index (χ0v) is 19.8. The summed E-state index contributed by atoms with van der Waals surface area (Å²) in [7, 11) is 0. The Hall–Kier alpha value is -1.32. The van der Waals surface area contributed by atoms with E-state index in [-0.39, 0.29) is 35.0 Å². The van der Waals surface area contributed by atoms with E-state index in [1.165, 1.54) is 19.3 Å². The van der Waals surface area contributed by atoms with Crippen molar-refractivity contribution >= 4 is 11.9 Å². The molecule has 0 amide bonds. The second kappa shape index (κ2) is 7.38. The first kappa shape index (κ1) is 21.9. The molecule has 4 rings (SSSR count). The highest BCUT2D eigenvalue weighted by molar-refractivity contribution is 5.75. The molecule has 4 aliphatic rings. The quantitative estimate of drug-likeness (QED) is 0.410. The lowest BCUT2D eigenvalue weighted by molar-refractivity contribution is -0.161. The molecule has 0 N–H and O–H groups in total. The Bertz CT molecular complexity index is 759. The molecule has 0 bridgehead atoms. The smallest absolute Gasteiger partial charge is 0.311 e. The average molecular weight is 417 g/mol. The van der Waals surface area contributed by atoms with Gasteiger partial charge in [-0.2, -0.15) is 0 Å². The number of hydrogen-bond donors (Lipinski definition) is 0. The molecular weight excluding hydrogens is 376 g/mol. The van der Waals surface area contributed by atoms with Crippen LogP contribution in [0.5, 0.6) is 0 Å². The number of fused-ring (bicyclic) bond motifs is 4. The number of rotatable bonds is 2. The molecule has 3 saturated carbocycles. The summed E-state index contributed by atoms with van der Waals surface area (Å²) in [6.45, 7) is 12.1. The van der Waals surface area contributed by atoms with E-state index in [0.717, 1.165) is 38.5 Å². The summed E-state index contributed by atoms with van der Waals surface area (Å²) in [6.07, 6.45) is 10.0.